The van der Waals surface area contributed by atoms with E-state index in [0.717, 1.165) is 23.2 Å². The number of carboxylic acids is 1. The van der Waals surface area contributed by atoms with Crippen molar-refractivity contribution in [1.29, 1.82) is 0 Å². The highest BCUT2D eigenvalue weighted by molar-refractivity contribution is 9.10. The van der Waals surface area contributed by atoms with E-state index in [4.69, 9.17) is 18.9 Å². The predicted octanol–water partition coefficient (Wildman–Crippen LogP) is 1.45. The molecule has 9 nitrogen and oxygen atoms in total. The van der Waals surface area contributed by atoms with Crippen LogP contribution in [-0.4, -0.2) is 54.2 Å². The second kappa shape index (κ2) is 11.5. The van der Waals surface area contributed by atoms with Gasteiger partial charge in [0.15, 0.2) is 6.10 Å². The molecule has 0 saturated carbocycles. The van der Waals surface area contributed by atoms with Gasteiger partial charge in [-0.2, -0.15) is 0 Å². The second-order valence-corrected chi connectivity index (χ2v) is 8.89. The van der Waals surface area contributed by atoms with E-state index >= 15 is 0 Å². The zero-order chi connectivity index (χ0) is 23.1. The highest BCUT2D eigenvalue weighted by Crippen LogP contribution is 2.41. The average Bonchev–Trinajstić information content (AvgIpc) is 2.65. The fourth-order valence-electron chi connectivity index (χ4n) is 3.14. The minimum Gasteiger partial charge on any atom is -0.550 e. The Kier molecular flexibility index (Phi) is 9.32. The van der Waals surface area contributed by atoms with Crippen molar-refractivity contribution in [3.63, 3.8) is 0 Å². The Morgan fingerprint density at radius 3 is 2.10 bits per heavy atom. The van der Waals surface area contributed by atoms with Crippen LogP contribution < -0.4 is 5.11 Å². The number of benzene rings is 1. The summed E-state index contributed by atoms with van der Waals surface area (Å²) in [6.07, 6.45) is -3.82. The Balaban J connectivity index is 2.43. The van der Waals surface area contributed by atoms with Crippen LogP contribution in [0.3, 0.4) is 0 Å². The van der Waals surface area contributed by atoms with E-state index in [1.165, 1.54) is 18.7 Å². The number of carbonyl (C=O) groups excluding carboxylic acids is 4. The lowest BCUT2D eigenvalue weighted by atomic mass is 9.89. The van der Waals surface area contributed by atoms with Crippen molar-refractivity contribution >= 4 is 51.6 Å². The molecule has 1 aromatic rings. The zero-order valence-electron chi connectivity index (χ0n) is 17.1. The van der Waals surface area contributed by atoms with Crippen molar-refractivity contribution in [2.24, 2.45) is 5.92 Å². The molecular weight excluding hydrogens is 496 g/mol. The molecule has 0 spiro atoms. The van der Waals surface area contributed by atoms with Gasteiger partial charge in [-0.3, -0.25) is 14.4 Å². The maximum Gasteiger partial charge on any atom is 0.303 e. The molecule has 1 aliphatic heterocycles. The molecule has 2 rings (SSSR count). The highest BCUT2D eigenvalue weighted by atomic mass is 79.9. The molecule has 0 radical (unpaired) electrons. The fourth-order valence-corrected chi connectivity index (χ4v) is 4.59. The van der Waals surface area contributed by atoms with Gasteiger partial charge in [0, 0.05) is 42.0 Å². The minimum atomic E-state index is -1.38. The van der Waals surface area contributed by atoms with Gasteiger partial charge < -0.3 is 28.8 Å². The van der Waals surface area contributed by atoms with E-state index in [2.05, 4.69) is 15.9 Å². The first kappa shape index (κ1) is 25.2. The number of ether oxygens (including phenoxy) is 4. The third-order valence-corrected chi connectivity index (χ3v) is 6.06. The van der Waals surface area contributed by atoms with Crippen LogP contribution in [0.15, 0.2) is 33.6 Å². The van der Waals surface area contributed by atoms with Crippen LogP contribution in [0.25, 0.3) is 0 Å². The van der Waals surface area contributed by atoms with Crippen molar-refractivity contribution in [2.75, 3.05) is 6.61 Å². The van der Waals surface area contributed by atoms with Crippen LogP contribution in [-0.2, 0) is 38.1 Å². The fraction of sp³-hybridized carbons (Fsp3) is 0.500. The Hall–Kier alpha value is -2.11. The number of thioether (sulfide) groups is 1. The summed E-state index contributed by atoms with van der Waals surface area (Å²) in [5, 5.41) is 11.5. The van der Waals surface area contributed by atoms with Gasteiger partial charge in [-0.1, -0.05) is 27.7 Å². The van der Waals surface area contributed by atoms with Crippen molar-refractivity contribution in [3.8, 4) is 0 Å². The number of hydrogen-bond donors (Lipinski definition) is 0. The summed E-state index contributed by atoms with van der Waals surface area (Å²) in [5.74, 6) is -4.24. The largest absolute Gasteiger partial charge is 0.550 e. The molecule has 1 fully saturated rings. The molecule has 0 bridgehead atoms. The monoisotopic (exact) mass is 517 g/mol. The molecule has 1 saturated heterocycles. The normalized spacial score (nSPS) is 25.4. The lowest BCUT2D eigenvalue weighted by Crippen LogP contribution is -2.58. The molecular formula is C20H22BrO9S-. The number of aliphatic carboxylic acids is 1. The maximum atomic E-state index is 11.8. The third kappa shape index (κ3) is 7.82. The maximum absolute atomic E-state index is 11.8. The summed E-state index contributed by atoms with van der Waals surface area (Å²) in [4.78, 5) is 47.0. The topological polar surface area (TPSA) is 128 Å². The molecule has 0 unspecified atom stereocenters. The van der Waals surface area contributed by atoms with Gasteiger partial charge in [0.25, 0.3) is 0 Å². The van der Waals surface area contributed by atoms with Gasteiger partial charge >= 0.3 is 17.9 Å². The van der Waals surface area contributed by atoms with Gasteiger partial charge in [-0.15, -0.1) is 0 Å². The second-order valence-electron chi connectivity index (χ2n) is 6.81. The lowest BCUT2D eigenvalue weighted by Gasteiger charge is -2.45. The number of hydrogen-bond acceptors (Lipinski definition) is 10. The van der Waals surface area contributed by atoms with Gasteiger partial charge in [-0.25, -0.2) is 0 Å². The molecule has 1 aliphatic rings. The molecule has 31 heavy (non-hydrogen) atoms. The quantitative estimate of drug-likeness (QED) is 0.368. The van der Waals surface area contributed by atoms with Crippen LogP contribution in [0, 0.1) is 5.92 Å². The first-order valence-corrected chi connectivity index (χ1v) is 11.0. The number of carbonyl (C=O) groups is 4. The SMILES string of the molecule is CC(=O)OC[C@H]1O[C@H](Sc2ccc(Br)cc2)[C@@H](CC(=O)[O-])[C@H](OC(C)=O)[C@H]1OC(C)=O. The first-order chi connectivity index (χ1) is 14.6. The van der Waals surface area contributed by atoms with Crippen molar-refractivity contribution < 1.29 is 43.2 Å². The molecule has 1 heterocycles. The number of rotatable bonds is 8. The lowest BCUT2D eigenvalue weighted by molar-refractivity contribution is -0.309. The first-order valence-electron chi connectivity index (χ1n) is 9.32. The predicted molar refractivity (Wildman–Crippen MR) is 110 cm³/mol. The van der Waals surface area contributed by atoms with Crippen LogP contribution in [0.2, 0.25) is 0 Å². The van der Waals surface area contributed by atoms with Crippen LogP contribution in [0.4, 0.5) is 0 Å². The molecule has 0 aromatic heterocycles. The molecule has 170 valence electrons. The average molecular weight is 518 g/mol. The molecule has 11 heteroatoms. The minimum absolute atomic E-state index is 0.277. The van der Waals surface area contributed by atoms with Crippen LogP contribution >= 0.6 is 27.7 Å². The number of carboxylic acid groups (broad SMARTS) is 1. The van der Waals surface area contributed by atoms with Gasteiger partial charge in [0.2, 0.25) is 0 Å². The van der Waals surface area contributed by atoms with Gasteiger partial charge in [-0.05, 0) is 30.7 Å². The van der Waals surface area contributed by atoms with Crippen LogP contribution in [0.5, 0.6) is 0 Å². The number of esters is 3. The van der Waals surface area contributed by atoms with Crippen LogP contribution in [0.1, 0.15) is 27.2 Å². The molecule has 0 aliphatic carbocycles. The smallest absolute Gasteiger partial charge is 0.303 e. The summed E-state index contributed by atoms with van der Waals surface area (Å²) >= 11 is 4.55. The van der Waals surface area contributed by atoms with E-state index in [1.54, 1.807) is 24.3 Å². The highest BCUT2D eigenvalue weighted by Gasteiger charge is 2.50. The Morgan fingerprint density at radius 1 is 1.00 bits per heavy atom. The van der Waals surface area contributed by atoms with Gasteiger partial charge in [0.05, 0.1) is 0 Å². The molecule has 5 atom stereocenters. The van der Waals surface area contributed by atoms with Crippen molar-refractivity contribution in [1.82, 2.24) is 0 Å². The van der Waals surface area contributed by atoms with E-state index < -0.39 is 60.0 Å². The summed E-state index contributed by atoms with van der Waals surface area (Å²) in [5.41, 5.74) is -0.823. The van der Waals surface area contributed by atoms with E-state index in [0.29, 0.717) is 0 Å². The Bertz CT molecular complexity index is 813. The third-order valence-electron chi connectivity index (χ3n) is 4.29. The molecule has 0 amide bonds. The van der Waals surface area contributed by atoms with Crippen molar-refractivity contribution in [3.05, 3.63) is 28.7 Å². The molecule has 0 N–H and O–H groups in total. The standard InChI is InChI=1S/C20H23BrO9S/c1-10(22)27-9-16-19(29-12(3)24)18(28-11(2)23)15(8-17(25)26)20(30-16)31-14-6-4-13(21)5-7-14/h4-7,15-16,18-20H,8-9H2,1-3H3,(H,25,26)/p-1/t15-,16+,18-,19-,20+/m0/s1. The summed E-state index contributed by atoms with van der Waals surface area (Å²) in [6, 6.07) is 7.21. The van der Waals surface area contributed by atoms with Crippen molar-refractivity contribution in [2.45, 2.75) is 55.8 Å². The summed E-state index contributed by atoms with van der Waals surface area (Å²) in [7, 11) is 0. The molecule has 1 aromatic carbocycles. The van der Waals surface area contributed by atoms with E-state index in [9.17, 15) is 24.3 Å². The summed E-state index contributed by atoms with van der Waals surface area (Å²) in [6.45, 7) is 3.25. The Labute approximate surface area is 191 Å². The van der Waals surface area contributed by atoms with E-state index in [-0.39, 0.29) is 6.61 Å². The number of halogens is 1. The van der Waals surface area contributed by atoms with E-state index in [1.807, 2.05) is 0 Å². The Morgan fingerprint density at radius 2 is 1.58 bits per heavy atom. The summed E-state index contributed by atoms with van der Waals surface area (Å²) < 4.78 is 22.6. The van der Waals surface area contributed by atoms with Gasteiger partial charge in [0.1, 0.15) is 24.3 Å². The zero-order valence-corrected chi connectivity index (χ0v) is 19.5.